The Hall–Kier alpha value is -3.42. The molecule has 1 aromatic heterocycles. The second kappa shape index (κ2) is 8.51. The van der Waals surface area contributed by atoms with Gasteiger partial charge in [0, 0.05) is 39.8 Å². The van der Waals surface area contributed by atoms with E-state index in [1.165, 1.54) is 18.2 Å². The van der Waals surface area contributed by atoms with E-state index in [1.54, 1.807) is 21.7 Å². The van der Waals surface area contributed by atoms with Gasteiger partial charge in [-0.15, -0.1) is 0 Å². The van der Waals surface area contributed by atoms with Gasteiger partial charge in [0.05, 0.1) is 0 Å². The maximum absolute atomic E-state index is 12.6. The first kappa shape index (κ1) is 19.3. The highest BCUT2D eigenvalue weighted by atomic mass is 16.4. The third kappa shape index (κ3) is 4.46. The van der Waals surface area contributed by atoms with E-state index in [1.807, 2.05) is 30.3 Å². The first-order valence-electron chi connectivity index (χ1n) is 8.99. The van der Waals surface area contributed by atoms with Crippen molar-refractivity contribution in [3.8, 4) is 0 Å². The van der Waals surface area contributed by atoms with Crippen LogP contribution in [0.2, 0.25) is 0 Å². The molecule has 0 spiro atoms. The molecule has 1 saturated heterocycles. The van der Waals surface area contributed by atoms with Crippen molar-refractivity contribution in [3.05, 3.63) is 65.5 Å². The van der Waals surface area contributed by atoms with Crippen LogP contribution in [-0.4, -0.2) is 75.9 Å². The van der Waals surface area contributed by atoms with E-state index < -0.39 is 5.97 Å². The molecule has 1 N–H and O–H groups in total. The zero-order valence-electron chi connectivity index (χ0n) is 15.6. The van der Waals surface area contributed by atoms with Crippen molar-refractivity contribution in [1.29, 1.82) is 0 Å². The van der Waals surface area contributed by atoms with Crippen molar-refractivity contribution in [2.24, 2.45) is 0 Å². The summed E-state index contributed by atoms with van der Waals surface area (Å²) in [4.78, 5) is 45.1. The summed E-state index contributed by atoms with van der Waals surface area (Å²) >= 11 is 0. The lowest BCUT2D eigenvalue weighted by atomic mass is 10.2. The Labute approximate surface area is 163 Å². The van der Waals surface area contributed by atoms with Crippen LogP contribution in [0.4, 0.5) is 4.79 Å². The number of aromatic nitrogens is 1. The largest absolute Gasteiger partial charge is 0.477 e. The van der Waals surface area contributed by atoms with Gasteiger partial charge in [0.2, 0.25) is 0 Å². The maximum Gasteiger partial charge on any atom is 0.354 e. The smallest absolute Gasteiger partial charge is 0.354 e. The minimum atomic E-state index is -1.17. The zero-order chi connectivity index (χ0) is 20.1. The quantitative estimate of drug-likeness (QED) is 0.870. The molecule has 0 unspecified atom stereocenters. The SMILES string of the molecule is CN(Cc1ccccc1)C(=O)N1CCN(C(=O)c2cccc(C(=O)O)n2)CC1. The van der Waals surface area contributed by atoms with Gasteiger partial charge < -0.3 is 19.8 Å². The summed E-state index contributed by atoms with van der Waals surface area (Å²) in [6.45, 7) is 2.11. The molecule has 0 saturated carbocycles. The third-order valence-electron chi connectivity index (χ3n) is 4.61. The first-order chi connectivity index (χ1) is 13.5. The van der Waals surface area contributed by atoms with E-state index in [2.05, 4.69) is 4.98 Å². The predicted octanol–water partition coefficient (Wildman–Crippen LogP) is 1.79. The Morgan fingerprint density at radius 3 is 2.18 bits per heavy atom. The average molecular weight is 382 g/mol. The van der Waals surface area contributed by atoms with Crippen molar-refractivity contribution < 1.29 is 19.5 Å². The third-order valence-corrected chi connectivity index (χ3v) is 4.61. The van der Waals surface area contributed by atoms with Gasteiger partial charge in [-0.2, -0.15) is 0 Å². The molecule has 1 aliphatic heterocycles. The summed E-state index contributed by atoms with van der Waals surface area (Å²) in [5.41, 5.74) is 0.986. The number of carbonyl (C=O) groups is 3. The average Bonchev–Trinajstić information content (AvgIpc) is 2.73. The number of hydrogen-bond donors (Lipinski definition) is 1. The highest BCUT2D eigenvalue weighted by Crippen LogP contribution is 2.11. The number of aromatic carboxylic acids is 1. The standard InChI is InChI=1S/C20H22N4O4/c1-22(14-15-6-3-2-4-7-15)20(28)24-12-10-23(11-13-24)18(25)16-8-5-9-17(21-16)19(26)27/h2-9H,10-14H2,1H3,(H,26,27). The Bertz CT molecular complexity index is 864. The Morgan fingerprint density at radius 1 is 0.929 bits per heavy atom. The summed E-state index contributed by atoms with van der Waals surface area (Å²) < 4.78 is 0. The summed E-state index contributed by atoms with van der Waals surface area (Å²) in [5.74, 6) is -1.50. The van der Waals surface area contributed by atoms with Gasteiger partial charge in [0.15, 0.2) is 0 Å². The number of pyridine rings is 1. The van der Waals surface area contributed by atoms with Crippen LogP contribution in [0, 0.1) is 0 Å². The van der Waals surface area contributed by atoms with Gasteiger partial charge in [-0.05, 0) is 17.7 Å². The number of nitrogens with zero attached hydrogens (tertiary/aromatic N) is 4. The molecule has 146 valence electrons. The van der Waals surface area contributed by atoms with Crippen LogP contribution in [0.3, 0.4) is 0 Å². The molecule has 1 aromatic carbocycles. The highest BCUT2D eigenvalue weighted by molar-refractivity contribution is 5.94. The van der Waals surface area contributed by atoms with Crippen LogP contribution in [-0.2, 0) is 6.54 Å². The lowest BCUT2D eigenvalue weighted by Gasteiger charge is -2.36. The molecule has 8 heteroatoms. The van der Waals surface area contributed by atoms with Crippen LogP contribution >= 0.6 is 0 Å². The van der Waals surface area contributed by atoms with E-state index in [-0.39, 0.29) is 23.3 Å². The number of carboxylic acids is 1. The van der Waals surface area contributed by atoms with E-state index in [0.29, 0.717) is 32.7 Å². The minimum Gasteiger partial charge on any atom is -0.477 e. The molecule has 8 nitrogen and oxygen atoms in total. The number of benzene rings is 1. The van der Waals surface area contributed by atoms with E-state index in [0.717, 1.165) is 5.56 Å². The van der Waals surface area contributed by atoms with Crippen LogP contribution < -0.4 is 0 Å². The number of piperazine rings is 1. The summed E-state index contributed by atoms with van der Waals surface area (Å²) in [7, 11) is 1.76. The fourth-order valence-corrected chi connectivity index (χ4v) is 3.10. The molecule has 28 heavy (non-hydrogen) atoms. The molecule has 3 amide bonds. The van der Waals surface area contributed by atoms with Crippen LogP contribution in [0.1, 0.15) is 26.5 Å². The summed E-state index contributed by atoms with van der Waals surface area (Å²) in [5, 5.41) is 9.02. The zero-order valence-corrected chi connectivity index (χ0v) is 15.6. The molecule has 1 fully saturated rings. The molecule has 3 rings (SSSR count). The molecular weight excluding hydrogens is 360 g/mol. The Balaban J connectivity index is 1.56. The van der Waals surface area contributed by atoms with Crippen molar-refractivity contribution in [3.63, 3.8) is 0 Å². The highest BCUT2D eigenvalue weighted by Gasteiger charge is 2.27. The van der Waals surface area contributed by atoms with Gasteiger partial charge >= 0.3 is 12.0 Å². The van der Waals surface area contributed by atoms with Crippen molar-refractivity contribution >= 4 is 17.9 Å². The van der Waals surface area contributed by atoms with Crippen LogP contribution in [0.5, 0.6) is 0 Å². The molecule has 0 atom stereocenters. The molecule has 0 aliphatic carbocycles. The van der Waals surface area contributed by atoms with Gasteiger partial charge in [-0.1, -0.05) is 36.4 Å². The van der Waals surface area contributed by atoms with E-state index in [4.69, 9.17) is 5.11 Å². The van der Waals surface area contributed by atoms with Crippen LogP contribution in [0.15, 0.2) is 48.5 Å². The maximum atomic E-state index is 12.6. The number of amides is 3. The second-order valence-electron chi connectivity index (χ2n) is 6.62. The predicted molar refractivity (Wildman–Crippen MR) is 102 cm³/mol. The van der Waals surface area contributed by atoms with Crippen LogP contribution in [0.25, 0.3) is 0 Å². The Kier molecular flexibility index (Phi) is 5.88. The molecule has 1 aliphatic rings. The fourth-order valence-electron chi connectivity index (χ4n) is 3.10. The van der Waals surface area contributed by atoms with Crippen molar-refractivity contribution in [1.82, 2.24) is 19.7 Å². The normalized spacial score (nSPS) is 13.9. The lowest BCUT2D eigenvalue weighted by molar-refractivity contribution is 0.0637. The lowest BCUT2D eigenvalue weighted by Crippen LogP contribution is -2.53. The summed E-state index contributed by atoms with van der Waals surface area (Å²) in [6, 6.07) is 14.0. The topological polar surface area (TPSA) is 94.1 Å². The second-order valence-corrected chi connectivity index (χ2v) is 6.62. The monoisotopic (exact) mass is 382 g/mol. The van der Waals surface area contributed by atoms with E-state index in [9.17, 15) is 14.4 Å². The number of rotatable bonds is 4. The Morgan fingerprint density at radius 2 is 1.54 bits per heavy atom. The molecule has 0 radical (unpaired) electrons. The molecule has 2 heterocycles. The number of hydrogen-bond acceptors (Lipinski definition) is 4. The number of urea groups is 1. The molecule has 2 aromatic rings. The van der Waals surface area contributed by atoms with E-state index >= 15 is 0 Å². The number of carboxylic acid groups (broad SMARTS) is 1. The molecule has 0 bridgehead atoms. The van der Waals surface area contributed by atoms with Gasteiger partial charge in [0.25, 0.3) is 5.91 Å². The number of carbonyl (C=O) groups excluding carboxylic acids is 2. The van der Waals surface area contributed by atoms with Crippen molar-refractivity contribution in [2.75, 3.05) is 33.2 Å². The van der Waals surface area contributed by atoms with Gasteiger partial charge in [0.1, 0.15) is 11.4 Å². The minimum absolute atomic E-state index is 0.0815. The first-order valence-corrected chi connectivity index (χ1v) is 8.99. The van der Waals surface area contributed by atoms with Gasteiger partial charge in [-0.3, -0.25) is 4.79 Å². The fraction of sp³-hybridized carbons (Fsp3) is 0.300. The van der Waals surface area contributed by atoms with Gasteiger partial charge in [-0.25, -0.2) is 14.6 Å². The summed E-state index contributed by atoms with van der Waals surface area (Å²) in [6.07, 6.45) is 0. The molecular formula is C20H22N4O4. The van der Waals surface area contributed by atoms with Crippen molar-refractivity contribution in [2.45, 2.75) is 6.54 Å².